The van der Waals surface area contributed by atoms with E-state index in [2.05, 4.69) is 15.9 Å². The van der Waals surface area contributed by atoms with Crippen molar-refractivity contribution in [3.8, 4) is 11.5 Å². The van der Waals surface area contributed by atoms with Crippen LogP contribution in [0.2, 0.25) is 0 Å². The fourth-order valence-corrected chi connectivity index (χ4v) is 1.81. The topological polar surface area (TPSA) is 65.0 Å². The molecule has 1 aromatic carbocycles. The van der Waals surface area contributed by atoms with Gasteiger partial charge >= 0.3 is 5.97 Å². The first-order valence-electron chi connectivity index (χ1n) is 5.24. The van der Waals surface area contributed by atoms with Crippen LogP contribution < -0.4 is 9.47 Å². The number of carbonyl (C=O) groups is 1. The van der Waals surface area contributed by atoms with E-state index in [-0.39, 0.29) is 6.61 Å². The number of hydrogen-bond acceptors (Lipinski definition) is 4. The first-order chi connectivity index (χ1) is 8.49. The van der Waals surface area contributed by atoms with Gasteiger partial charge in [-0.2, -0.15) is 0 Å². The minimum atomic E-state index is -1.00. The van der Waals surface area contributed by atoms with Gasteiger partial charge in [0.05, 0.1) is 25.3 Å². The summed E-state index contributed by atoms with van der Waals surface area (Å²) in [5.41, 5.74) is 0.727. The summed E-state index contributed by atoms with van der Waals surface area (Å²) in [4.78, 5) is 10.7. The smallest absolute Gasteiger partial charge is 0.332 e. The molecule has 0 aliphatic rings. The van der Waals surface area contributed by atoms with Gasteiger partial charge in [0.2, 0.25) is 0 Å². The number of ether oxygens (including phenoxy) is 3. The van der Waals surface area contributed by atoms with Crippen LogP contribution in [0.15, 0.2) is 16.6 Å². The highest BCUT2D eigenvalue weighted by Crippen LogP contribution is 2.33. The van der Waals surface area contributed by atoms with Gasteiger partial charge in [-0.1, -0.05) is 0 Å². The second-order valence-corrected chi connectivity index (χ2v) is 4.44. The van der Waals surface area contributed by atoms with Gasteiger partial charge in [0.1, 0.15) is 11.5 Å². The monoisotopic (exact) mass is 318 g/mol. The van der Waals surface area contributed by atoms with Crippen LogP contribution in [0.25, 0.3) is 0 Å². The van der Waals surface area contributed by atoms with E-state index in [4.69, 9.17) is 19.3 Å². The average molecular weight is 319 g/mol. The molecule has 0 unspecified atom stereocenters. The molecule has 1 N–H and O–H groups in total. The van der Waals surface area contributed by atoms with Crippen molar-refractivity contribution in [2.24, 2.45) is 0 Å². The summed E-state index contributed by atoms with van der Waals surface area (Å²) in [5, 5.41) is 8.74. The highest BCUT2D eigenvalue weighted by Gasteiger charge is 2.14. The van der Waals surface area contributed by atoms with Crippen LogP contribution in [-0.2, 0) is 16.1 Å². The van der Waals surface area contributed by atoms with Gasteiger partial charge in [-0.25, -0.2) is 4.79 Å². The van der Waals surface area contributed by atoms with Crippen LogP contribution in [0.4, 0.5) is 0 Å². The number of methoxy groups -OCH3 is 2. The molecule has 1 atom stereocenters. The molecule has 0 saturated carbocycles. The molecule has 6 heteroatoms. The Hall–Kier alpha value is -1.27. The van der Waals surface area contributed by atoms with Gasteiger partial charge in [-0.15, -0.1) is 0 Å². The second kappa shape index (κ2) is 6.61. The minimum Gasteiger partial charge on any atom is -0.496 e. The van der Waals surface area contributed by atoms with Crippen molar-refractivity contribution in [2.75, 3.05) is 14.2 Å². The van der Waals surface area contributed by atoms with Crippen LogP contribution in [0.1, 0.15) is 12.5 Å². The zero-order valence-electron chi connectivity index (χ0n) is 10.4. The highest BCUT2D eigenvalue weighted by atomic mass is 79.9. The van der Waals surface area contributed by atoms with Crippen LogP contribution in [0, 0.1) is 0 Å². The number of aliphatic carboxylic acids is 1. The van der Waals surface area contributed by atoms with Gasteiger partial charge in [0, 0.05) is 5.56 Å². The maximum absolute atomic E-state index is 10.7. The summed E-state index contributed by atoms with van der Waals surface area (Å²) < 4.78 is 16.4. The zero-order chi connectivity index (χ0) is 13.7. The molecule has 0 spiro atoms. The molecule has 0 radical (unpaired) electrons. The molecular formula is C12H15BrO5. The number of carboxylic acid groups (broad SMARTS) is 1. The SMILES string of the molecule is COc1cc(CO[C@H](C)C(=O)O)c(OC)cc1Br. The van der Waals surface area contributed by atoms with E-state index in [0.29, 0.717) is 11.5 Å². The van der Waals surface area contributed by atoms with Gasteiger partial charge in [0.15, 0.2) is 6.10 Å². The predicted octanol–water partition coefficient (Wildman–Crippen LogP) is 2.46. The van der Waals surface area contributed by atoms with Crippen molar-refractivity contribution in [1.82, 2.24) is 0 Å². The number of carboxylic acids is 1. The van der Waals surface area contributed by atoms with Crippen molar-refractivity contribution in [3.05, 3.63) is 22.2 Å². The minimum absolute atomic E-state index is 0.139. The third-order valence-electron chi connectivity index (χ3n) is 2.39. The van der Waals surface area contributed by atoms with Crippen molar-refractivity contribution < 1.29 is 24.1 Å². The van der Waals surface area contributed by atoms with Crippen molar-refractivity contribution in [3.63, 3.8) is 0 Å². The predicted molar refractivity (Wildman–Crippen MR) is 69.1 cm³/mol. The Kier molecular flexibility index (Phi) is 5.43. The van der Waals surface area contributed by atoms with Crippen LogP contribution in [0.3, 0.4) is 0 Å². The summed E-state index contributed by atoms with van der Waals surface area (Å²) in [6.07, 6.45) is -0.871. The Bertz CT molecular complexity index is 433. The summed E-state index contributed by atoms with van der Waals surface area (Å²) in [7, 11) is 3.09. The highest BCUT2D eigenvalue weighted by molar-refractivity contribution is 9.10. The molecule has 0 bridgehead atoms. The normalized spacial score (nSPS) is 12.0. The third-order valence-corrected chi connectivity index (χ3v) is 3.01. The molecule has 0 aliphatic heterocycles. The van der Waals surface area contributed by atoms with Crippen molar-refractivity contribution >= 4 is 21.9 Å². The fraction of sp³-hybridized carbons (Fsp3) is 0.417. The lowest BCUT2D eigenvalue weighted by Gasteiger charge is -2.14. The lowest BCUT2D eigenvalue weighted by Crippen LogP contribution is -2.19. The standard InChI is InChI=1S/C12H15BrO5/c1-7(12(14)15)18-6-8-4-11(17-3)9(13)5-10(8)16-2/h4-5,7H,6H2,1-3H3,(H,14,15)/t7-/m1/s1. The third kappa shape index (κ3) is 3.61. The van der Waals surface area contributed by atoms with E-state index in [0.717, 1.165) is 10.0 Å². The molecule has 1 aromatic rings. The Morgan fingerprint density at radius 1 is 1.33 bits per heavy atom. The molecule has 100 valence electrons. The van der Waals surface area contributed by atoms with Crippen LogP contribution in [0.5, 0.6) is 11.5 Å². The molecule has 18 heavy (non-hydrogen) atoms. The molecule has 0 aromatic heterocycles. The maximum Gasteiger partial charge on any atom is 0.332 e. The largest absolute Gasteiger partial charge is 0.496 e. The van der Waals surface area contributed by atoms with Crippen molar-refractivity contribution in [1.29, 1.82) is 0 Å². The molecule has 0 heterocycles. The summed E-state index contributed by atoms with van der Waals surface area (Å²) in [6, 6.07) is 3.50. The van der Waals surface area contributed by atoms with E-state index >= 15 is 0 Å². The van der Waals surface area contributed by atoms with E-state index in [1.165, 1.54) is 6.92 Å². The van der Waals surface area contributed by atoms with Gasteiger partial charge < -0.3 is 19.3 Å². The van der Waals surface area contributed by atoms with E-state index in [1.54, 1.807) is 26.4 Å². The Balaban J connectivity index is 2.89. The van der Waals surface area contributed by atoms with Gasteiger partial charge in [-0.05, 0) is 35.0 Å². The lowest BCUT2D eigenvalue weighted by molar-refractivity contribution is -0.149. The number of halogens is 1. The van der Waals surface area contributed by atoms with Crippen LogP contribution >= 0.6 is 15.9 Å². The number of hydrogen-bond donors (Lipinski definition) is 1. The van der Waals surface area contributed by atoms with E-state index < -0.39 is 12.1 Å². The summed E-state index contributed by atoms with van der Waals surface area (Å²) in [5.74, 6) is 0.246. The molecule has 0 fully saturated rings. The zero-order valence-corrected chi connectivity index (χ0v) is 12.0. The molecule has 0 amide bonds. The van der Waals surface area contributed by atoms with Gasteiger partial charge in [-0.3, -0.25) is 0 Å². The Labute approximate surface area is 114 Å². The molecular weight excluding hydrogens is 304 g/mol. The molecule has 0 saturated heterocycles. The van der Waals surface area contributed by atoms with Crippen LogP contribution in [-0.4, -0.2) is 31.4 Å². The summed E-state index contributed by atoms with van der Waals surface area (Å²) in [6.45, 7) is 1.62. The quantitative estimate of drug-likeness (QED) is 0.872. The Morgan fingerprint density at radius 3 is 2.44 bits per heavy atom. The fourth-order valence-electron chi connectivity index (χ4n) is 1.32. The summed E-state index contributed by atoms with van der Waals surface area (Å²) >= 11 is 3.35. The lowest BCUT2D eigenvalue weighted by atomic mass is 10.2. The number of benzene rings is 1. The second-order valence-electron chi connectivity index (χ2n) is 3.59. The van der Waals surface area contributed by atoms with E-state index in [9.17, 15) is 4.79 Å². The maximum atomic E-state index is 10.7. The average Bonchev–Trinajstić information content (AvgIpc) is 2.36. The first-order valence-corrected chi connectivity index (χ1v) is 6.03. The van der Waals surface area contributed by atoms with Crippen molar-refractivity contribution in [2.45, 2.75) is 19.6 Å². The van der Waals surface area contributed by atoms with E-state index in [1.807, 2.05) is 0 Å². The number of rotatable bonds is 6. The molecule has 1 rings (SSSR count). The van der Waals surface area contributed by atoms with Gasteiger partial charge in [0.25, 0.3) is 0 Å². The first kappa shape index (κ1) is 14.8. The molecule has 0 aliphatic carbocycles. The molecule has 5 nitrogen and oxygen atoms in total. The Morgan fingerprint density at radius 2 is 1.94 bits per heavy atom.